The van der Waals surface area contributed by atoms with Crippen molar-refractivity contribution in [1.29, 1.82) is 0 Å². The lowest BCUT2D eigenvalue weighted by Crippen LogP contribution is -2.30. The number of methoxy groups -OCH3 is 1. The highest BCUT2D eigenvalue weighted by Gasteiger charge is 2.26. The molecule has 1 saturated carbocycles. The Morgan fingerprint density at radius 3 is 2.66 bits per heavy atom. The van der Waals surface area contributed by atoms with Crippen molar-refractivity contribution in [2.45, 2.75) is 50.9 Å². The SMILES string of the molecule is COc1cccc(C2CCc3c(cnn(-c4ccc(C5CC5)cn4)c3=O)C2)c1C. The average Bonchev–Trinajstić information content (AvgIpc) is 3.60. The molecule has 1 fully saturated rings. The maximum atomic E-state index is 13.1. The van der Waals surface area contributed by atoms with Gasteiger partial charge in [-0.25, -0.2) is 4.98 Å². The zero-order valence-corrected chi connectivity index (χ0v) is 16.9. The summed E-state index contributed by atoms with van der Waals surface area (Å²) in [5.74, 6) is 2.56. The van der Waals surface area contributed by atoms with Crippen molar-refractivity contribution in [3.63, 3.8) is 0 Å². The van der Waals surface area contributed by atoms with Crippen LogP contribution in [0.1, 0.15) is 58.9 Å². The maximum absolute atomic E-state index is 13.1. The van der Waals surface area contributed by atoms with E-state index in [1.54, 1.807) is 7.11 Å². The Morgan fingerprint density at radius 1 is 1.07 bits per heavy atom. The van der Waals surface area contributed by atoms with Crippen LogP contribution in [0.3, 0.4) is 0 Å². The van der Waals surface area contributed by atoms with Crippen molar-refractivity contribution in [3.05, 3.63) is 80.9 Å². The molecule has 29 heavy (non-hydrogen) atoms. The molecule has 2 heterocycles. The van der Waals surface area contributed by atoms with Gasteiger partial charge in [0.25, 0.3) is 5.56 Å². The summed E-state index contributed by atoms with van der Waals surface area (Å²) in [6.45, 7) is 2.11. The van der Waals surface area contributed by atoms with Gasteiger partial charge in [0.05, 0.1) is 13.3 Å². The molecule has 2 aliphatic rings. The number of rotatable bonds is 4. The molecule has 3 aromatic rings. The van der Waals surface area contributed by atoms with Crippen molar-refractivity contribution < 1.29 is 4.74 Å². The Balaban J connectivity index is 1.44. The third kappa shape index (κ3) is 3.24. The van der Waals surface area contributed by atoms with E-state index in [4.69, 9.17) is 4.74 Å². The van der Waals surface area contributed by atoms with Gasteiger partial charge in [-0.15, -0.1) is 0 Å². The summed E-state index contributed by atoms with van der Waals surface area (Å²) in [6, 6.07) is 10.2. The number of hydrogen-bond acceptors (Lipinski definition) is 4. The Morgan fingerprint density at radius 2 is 1.93 bits per heavy atom. The van der Waals surface area contributed by atoms with Gasteiger partial charge in [-0.3, -0.25) is 4.79 Å². The van der Waals surface area contributed by atoms with Crippen molar-refractivity contribution in [2.75, 3.05) is 7.11 Å². The summed E-state index contributed by atoms with van der Waals surface area (Å²) < 4.78 is 6.94. The first-order valence-corrected chi connectivity index (χ1v) is 10.4. The predicted octanol–water partition coefficient (Wildman–Crippen LogP) is 4.09. The monoisotopic (exact) mass is 387 g/mol. The van der Waals surface area contributed by atoms with E-state index >= 15 is 0 Å². The van der Waals surface area contributed by atoms with Gasteiger partial charge in [0, 0.05) is 11.8 Å². The fourth-order valence-electron chi connectivity index (χ4n) is 4.56. The maximum Gasteiger partial charge on any atom is 0.276 e. The van der Waals surface area contributed by atoms with Crippen molar-refractivity contribution >= 4 is 0 Å². The second kappa shape index (κ2) is 7.14. The Bertz CT molecular complexity index is 1110. The van der Waals surface area contributed by atoms with E-state index in [-0.39, 0.29) is 5.56 Å². The number of benzene rings is 1. The van der Waals surface area contributed by atoms with E-state index in [9.17, 15) is 4.79 Å². The van der Waals surface area contributed by atoms with Crippen LogP contribution in [0.5, 0.6) is 5.75 Å². The van der Waals surface area contributed by atoms with Crippen LogP contribution in [0.2, 0.25) is 0 Å². The highest BCUT2D eigenvalue weighted by molar-refractivity contribution is 5.43. The molecule has 1 atom stereocenters. The molecular formula is C24H25N3O2. The smallest absolute Gasteiger partial charge is 0.276 e. The molecule has 2 aliphatic carbocycles. The molecule has 0 amide bonds. The Labute approximate surface area is 170 Å². The van der Waals surface area contributed by atoms with E-state index in [1.165, 1.54) is 34.2 Å². The summed E-state index contributed by atoms with van der Waals surface area (Å²) in [7, 11) is 1.71. The molecule has 5 heteroatoms. The van der Waals surface area contributed by atoms with Crippen molar-refractivity contribution in [1.82, 2.24) is 14.8 Å². The second-order valence-corrected chi connectivity index (χ2v) is 8.20. The molecule has 0 saturated heterocycles. The third-order valence-corrected chi connectivity index (χ3v) is 6.40. The fraction of sp³-hybridized carbons (Fsp3) is 0.375. The van der Waals surface area contributed by atoms with Crippen LogP contribution in [0, 0.1) is 6.92 Å². The lowest BCUT2D eigenvalue weighted by molar-refractivity contribution is 0.409. The van der Waals surface area contributed by atoms with Crippen LogP contribution < -0.4 is 10.3 Å². The molecule has 1 unspecified atom stereocenters. The number of ether oxygens (including phenoxy) is 1. The quantitative estimate of drug-likeness (QED) is 0.676. The van der Waals surface area contributed by atoms with E-state index in [0.717, 1.165) is 36.1 Å². The zero-order chi connectivity index (χ0) is 20.0. The van der Waals surface area contributed by atoms with Crippen LogP contribution in [0.4, 0.5) is 0 Å². The molecule has 0 bridgehead atoms. The van der Waals surface area contributed by atoms with Crippen LogP contribution in [-0.4, -0.2) is 21.9 Å². The van der Waals surface area contributed by atoms with Crippen LogP contribution in [-0.2, 0) is 12.8 Å². The number of pyridine rings is 1. The highest BCUT2D eigenvalue weighted by Crippen LogP contribution is 2.39. The lowest BCUT2D eigenvalue weighted by atomic mass is 9.79. The first kappa shape index (κ1) is 18.1. The normalized spacial score (nSPS) is 18.3. The van der Waals surface area contributed by atoms with Gasteiger partial charge < -0.3 is 4.74 Å². The molecule has 0 aliphatic heterocycles. The zero-order valence-electron chi connectivity index (χ0n) is 16.9. The van der Waals surface area contributed by atoms with E-state index in [1.807, 2.05) is 30.6 Å². The van der Waals surface area contributed by atoms with Gasteiger partial charge in [0.2, 0.25) is 0 Å². The summed E-state index contributed by atoms with van der Waals surface area (Å²) in [5.41, 5.74) is 5.65. The summed E-state index contributed by atoms with van der Waals surface area (Å²) in [6.07, 6.45) is 8.78. The number of aromatic nitrogens is 3. The van der Waals surface area contributed by atoms with E-state index < -0.39 is 0 Å². The standard InChI is InChI=1S/C24H25N3O2/c1-15-20(4-3-5-22(15)29-2)17-8-10-21-19(12-17)14-26-27(24(21)28)23-11-9-18(13-25-23)16-6-7-16/h3-5,9,11,13-14,16-17H,6-8,10,12H2,1-2H3. The predicted molar refractivity (Wildman–Crippen MR) is 112 cm³/mol. The van der Waals surface area contributed by atoms with E-state index in [0.29, 0.717) is 17.7 Å². The molecule has 5 rings (SSSR count). The Hall–Kier alpha value is -2.95. The number of hydrogen-bond donors (Lipinski definition) is 0. The van der Waals surface area contributed by atoms with Gasteiger partial charge in [-0.2, -0.15) is 9.78 Å². The first-order chi connectivity index (χ1) is 14.2. The van der Waals surface area contributed by atoms with Gasteiger partial charge in [0.15, 0.2) is 5.82 Å². The van der Waals surface area contributed by atoms with Gasteiger partial charge in [-0.1, -0.05) is 18.2 Å². The van der Waals surface area contributed by atoms with Crippen LogP contribution in [0.15, 0.2) is 47.5 Å². The molecule has 5 nitrogen and oxygen atoms in total. The Kier molecular flexibility index (Phi) is 4.46. The largest absolute Gasteiger partial charge is 0.496 e. The van der Waals surface area contributed by atoms with Crippen LogP contribution in [0.25, 0.3) is 5.82 Å². The molecule has 0 spiro atoms. The molecule has 0 N–H and O–H groups in total. The minimum Gasteiger partial charge on any atom is -0.496 e. The third-order valence-electron chi connectivity index (χ3n) is 6.40. The second-order valence-electron chi connectivity index (χ2n) is 8.20. The molecule has 1 aromatic carbocycles. The summed E-state index contributed by atoms with van der Waals surface area (Å²) in [4.78, 5) is 17.6. The minimum atomic E-state index is -0.0324. The van der Waals surface area contributed by atoms with E-state index in [2.05, 4.69) is 29.1 Å². The number of nitrogens with zero attached hydrogens (tertiary/aromatic N) is 3. The molecule has 2 aromatic heterocycles. The fourth-order valence-corrected chi connectivity index (χ4v) is 4.56. The average molecular weight is 387 g/mol. The van der Waals surface area contributed by atoms with Crippen molar-refractivity contribution in [3.8, 4) is 11.6 Å². The van der Waals surface area contributed by atoms with Gasteiger partial charge in [-0.05, 0) is 85.3 Å². The topological polar surface area (TPSA) is 57.0 Å². The molecular weight excluding hydrogens is 362 g/mol. The number of fused-ring (bicyclic) bond motifs is 1. The van der Waals surface area contributed by atoms with Crippen molar-refractivity contribution in [2.24, 2.45) is 0 Å². The van der Waals surface area contributed by atoms with Crippen LogP contribution >= 0.6 is 0 Å². The summed E-state index contributed by atoms with van der Waals surface area (Å²) in [5, 5.41) is 4.45. The molecule has 0 radical (unpaired) electrons. The molecule has 148 valence electrons. The highest BCUT2D eigenvalue weighted by atomic mass is 16.5. The first-order valence-electron chi connectivity index (χ1n) is 10.4. The van der Waals surface area contributed by atoms with Gasteiger partial charge >= 0.3 is 0 Å². The lowest BCUT2D eigenvalue weighted by Gasteiger charge is -2.26. The minimum absolute atomic E-state index is 0.0324. The van der Waals surface area contributed by atoms with Gasteiger partial charge in [0.1, 0.15) is 5.75 Å². The summed E-state index contributed by atoms with van der Waals surface area (Å²) >= 11 is 0.